The number of amides is 2. The van der Waals surface area contributed by atoms with Crippen LogP contribution in [0, 0.1) is 6.92 Å². The zero-order chi connectivity index (χ0) is 24.9. The zero-order valence-corrected chi connectivity index (χ0v) is 20.6. The average Bonchev–Trinajstić information content (AvgIpc) is 3.50. The molecule has 9 nitrogen and oxygen atoms in total. The van der Waals surface area contributed by atoms with Gasteiger partial charge in [0.1, 0.15) is 17.4 Å². The summed E-state index contributed by atoms with van der Waals surface area (Å²) in [5, 5.41) is 7.60. The minimum absolute atomic E-state index is 0.0287. The van der Waals surface area contributed by atoms with Crippen molar-refractivity contribution < 1.29 is 14.0 Å². The monoisotopic (exact) mass is 488 g/mol. The first-order valence-corrected chi connectivity index (χ1v) is 12.6. The van der Waals surface area contributed by atoms with Crippen molar-refractivity contribution in [2.75, 3.05) is 36.8 Å². The molecule has 2 aliphatic heterocycles. The fourth-order valence-electron chi connectivity index (χ4n) is 4.81. The van der Waals surface area contributed by atoms with Crippen molar-refractivity contribution in [2.24, 2.45) is 4.99 Å². The molecule has 1 aromatic carbocycles. The highest BCUT2D eigenvalue weighted by molar-refractivity contribution is 6.05. The number of furan rings is 1. The molecule has 1 atom stereocenters. The maximum atomic E-state index is 13.5. The van der Waals surface area contributed by atoms with Crippen molar-refractivity contribution in [3.8, 4) is 0 Å². The molecule has 0 bridgehead atoms. The Balaban J connectivity index is 1.38. The van der Waals surface area contributed by atoms with E-state index in [-0.39, 0.29) is 18.4 Å². The van der Waals surface area contributed by atoms with E-state index < -0.39 is 6.04 Å². The van der Waals surface area contributed by atoms with Crippen LogP contribution in [-0.4, -0.2) is 64.8 Å². The minimum Gasteiger partial charge on any atom is -0.461 e. The Kier molecular flexibility index (Phi) is 7.16. The van der Waals surface area contributed by atoms with Gasteiger partial charge in [-0.1, -0.05) is 0 Å². The normalized spacial score (nSPS) is 19.0. The first kappa shape index (κ1) is 23.8. The number of anilines is 2. The largest absolute Gasteiger partial charge is 0.461 e. The number of guanidine groups is 1. The lowest BCUT2D eigenvalue weighted by molar-refractivity contribution is -0.140. The van der Waals surface area contributed by atoms with Gasteiger partial charge in [0, 0.05) is 36.9 Å². The highest BCUT2D eigenvalue weighted by atomic mass is 16.3. The molecule has 0 aliphatic carbocycles. The Morgan fingerprint density at radius 3 is 2.69 bits per heavy atom. The molecule has 0 unspecified atom stereocenters. The van der Waals surface area contributed by atoms with Gasteiger partial charge in [0.05, 0.1) is 18.4 Å². The first-order valence-electron chi connectivity index (χ1n) is 12.6. The zero-order valence-electron chi connectivity index (χ0n) is 20.6. The fraction of sp³-hybridized carbons (Fsp3) is 0.407. The van der Waals surface area contributed by atoms with Crippen LogP contribution in [0.25, 0.3) is 11.0 Å². The van der Waals surface area contributed by atoms with Crippen molar-refractivity contribution in [1.29, 1.82) is 0 Å². The number of nitrogens with zero attached hydrogens (tertiary/aromatic N) is 4. The Hall–Kier alpha value is -3.88. The SMILES string of the molecule is Cc1cc2cc(NC(=N[C@H]3CCCCN(CC(=O)N4CCCC4)C3=O)Nc3cccnc3)ccc2o1. The summed E-state index contributed by atoms with van der Waals surface area (Å²) in [4.78, 5) is 38.8. The summed E-state index contributed by atoms with van der Waals surface area (Å²) in [5.74, 6) is 1.22. The molecule has 9 heteroatoms. The van der Waals surface area contributed by atoms with E-state index in [4.69, 9.17) is 9.41 Å². The molecule has 4 heterocycles. The number of nitrogens with one attached hydrogen (secondary N) is 2. The van der Waals surface area contributed by atoms with Gasteiger partial charge in [0.2, 0.25) is 17.8 Å². The van der Waals surface area contributed by atoms with Gasteiger partial charge >= 0.3 is 0 Å². The number of rotatable bonds is 5. The van der Waals surface area contributed by atoms with Gasteiger partial charge in [0.25, 0.3) is 0 Å². The van der Waals surface area contributed by atoms with Gasteiger partial charge in [-0.05, 0) is 75.4 Å². The van der Waals surface area contributed by atoms with E-state index in [9.17, 15) is 9.59 Å². The molecule has 0 saturated carbocycles. The minimum atomic E-state index is -0.578. The maximum Gasteiger partial charge on any atom is 0.247 e. The average molecular weight is 489 g/mol. The fourth-order valence-corrected chi connectivity index (χ4v) is 4.81. The molecule has 188 valence electrons. The molecule has 0 radical (unpaired) electrons. The van der Waals surface area contributed by atoms with Crippen LogP contribution in [0.1, 0.15) is 37.9 Å². The van der Waals surface area contributed by atoms with E-state index in [1.165, 1.54) is 0 Å². The number of aryl methyl sites for hydroxylation is 1. The van der Waals surface area contributed by atoms with Crippen LogP contribution >= 0.6 is 0 Å². The summed E-state index contributed by atoms with van der Waals surface area (Å²) in [5.41, 5.74) is 2.39. The predicted octanol–water partition coefficient (Wildman–Crippen LogP) is 4.02. The number of benzene rings is 1. The summed E-state index contributed by atoms with van der Waals surface area (Å²) in [6.07, 6.45) is 7.84. The number of aromatic nitrogens is 1. The molecule has 2 saturated heterocycles. The molecule has 2 aliphatic rings. The van der Waals surface area contributed by atoms with Gasteiger partial charge in [-0.25, -0.2) is 4.99 Å². The van der Waals surface area contributed by atoms with Crippen molar-refractivity contribution in [1.82, 2.24) is 14.8 Å². The molecule has 3 aromatic rings. The second-order valence-corrected chi connectivity index (χ2v) is 9.44. The second-order valence-electron chi connectivity index (χ2n) is 9.44. The number of likely N-dealkylation sites (tertiary alicyclic amines) is 2. The molecular weight excluding hydrogens is 456 g/mol. The molecular formula is C27H32N6O3. The number of carbonyl (C=O) groups excluding carboxylic acids is 2. The third kappa shape index (κ3) is 5.67. The standard InChI is InChI=1S/C27H32N6O3/c1-19-15-20-16-21(9-10-24(20)36-19)29-27(30-22-7-6-11-28-17-22)31-23-8-2-3-14-33(26(23)35)18-25(34)32-12-4-5-13-32/h6-7,9-11,15-17,23H,2-5,8,12-14,18H2,1H3,(H2,29,30,31)/t23-/m0/s1. The van der Waals surface area contributed by atoms with Gasteiger partial charge in [0.15, 0.2) is 0 Å². The summed E-state index contributed by atoms with van der Waals surface area (Å²) in [7, 11) is 0. The molecule has 2 N–H and O–H groups in total. The number of fused-ring (bicyclic) bond motifs is 1. The number of hydrogen-bond acceptors (Lipinski definition) is 5. The van der Waals surface area contributed by atoms with Crippen LogP contribution < -0.4 is 10.6 Å². The lowest BCUT2D eigenvalue weighted by Crippen LogP contribution is -2.45. The van der Waals surface area contributed by atoms with Gasteiger partial charge in [-0.2, -0.15) is 0 Å². The summed E-state index contributed by atoms with van der Waals surface area (Å²) in [6, 6.07) is 10.9. The van der Waals surface area contributed by atoms with Gasteiger partial charge in [-0.3, -0.25) is 14.6 Å². The number of hydrogen-bond donors (Lipinski definition) is 2. The lowest BCUT2D eigenvalue weighted by Gasteiger charge is -2.25. The van der Waals surface area contributed by atoms with Crippen LogP contribution in [0.15, 0.2) is 58.2 Å². The van der Waals surface area contributed by atoms with E-state index in [0.717, 1.165) is 66.9 Å². The molecule has 2 amide bonds. The van der Waals surface area contributed by atoms with Crippen LogP contribution in [0.2, 0.25) is 0 Å². The Labute approximate surface area is 210 Å². The molecule has 36 heavy (non-hydrogen) atoms. The Bertz CT molecular complexity index is 1250. The van der Waals surface area contributed by atoms with Crippen LogP contribution in [0.3, 0.4) is 0 Å². The predicted molar refractivity (Wildman–Crippen MR) is 140 cm³/mol. The summed E-state index contributed by atoms with van der Waals surface area (Å²) < 4.78 is 5.69. The van der Waals surface area contributed by atoms with E-state index in [0.29, 0.717) is 18.9 Å². The van der Waals surface area contributed by atoms with Crippen molar-refractivity contribution in [3.05, 3.63) is 54.6 Å². The van der Waals surface area contributed by atoms with Crippen molar-refractivity contribution in [2.45, 2.75) is 45.1 Å². The van der Waals surface area contributed by atoms with Crippen molar-refractivity contribution >= 4 is 40.1 Å². The Morgan fingerprint density at radius 2 is 1.89 bits per heavy atom. The lowest BCUT2D eigenvalue weighted by atomic mass is 10.1. The molecule has 2 fully saturated rings. The van der Waals surface area contributed by atoms with Gasteiger partial charge < -0.3 is 24.9 Å². The van der Waals surface area contributed by atoms with E-state index in [2.05, 4.69) is 15.6 Å². The molecule has 2 aromatic heterocycles. The topological polar surface area (TPSA) is 103 Å². The highest BCUT2D eigenvalue weighted by Crippen LogP contribution is 2.23. The van der Waals surface area contributed by atoms with Gasteiger partial charge in [-0.15, -0.1) is 0 Å². The smallest absolute Gasteiger partial charge is 0.247 e. The third-order valence-corrected chi connectivity index (χ3v) is 6.65. The maximum absolute atomic E-state index is 13.5. The van der Waals surface area contributed by atoms with Crippen molar-refractivity contribution in [3.63, 3.8) is 0 Å². The van der Waals surface area contributed by atoms with E-state index in [1.807, 2.05) is 48.2 Å². The number of pyridine rings is 1. The van der Waals surface area contributed by atoms with Crippen LogP contribution in [0.4, 0.5) is 11.4 Å². The van der Waals surface area contributed by atoms with Crippen LogP contribution in [0.5, 0.6) is 0 Å². The molecule has 0 spiro atoms. The van der Waals surface area contributed by atoms with Crippen LogP contribution in [-0.2, 0) is 9.59 Å². The summed E-state index contributed by atoms with van der Waals surface area (Å²) in [6.45, 7) is 4.19. The second kappa shape index (κ2) is 10.8. The summed E-state index contributed by atoms with van der Waals surface area (Å²) >= 11 is 0. The highest BCUT2D eigenvalue weighted by Gasteiger charge is 2.30. The number of aliphatic imine (C=N–C) groups is 1. The Morgan fingerprint density at radius 1 is 1.08 bits per heavy atom. The number of carbonyl (C=O) groups is 2. The quantitative estimate of drug-likeness (QED) is 0.415. The third-order valence-electron chi connectivity index (χ3n) is 6.65. The molecule has 5 rings (SSSR count). The van der Waals surface area contributed by atoms with E-state index in [1.54, 1.807) is 17.3 Å². The first-order chi connectivity index (χ1) is 17.5. The van der Waals surface area contributed by atoms with E-state index >= 15 is 0 Å².